The Morgan fingerprint density at radius 1 is 1.31 bits per heavy atom. The molecule has 16 heavy (non-hydrogen) atoms. The first kappa shape index (κ1) is 12.0. The number of hydrogen-bond acceptors (Lipinski definition) is 5. The van der Waals surface area contributed by atoms with Gasteiger partial charge in [0.2, 0.25) is 5.76 Å². The second-order valence-electron chi connectivity index (χ2n) is 2.88. The van der Waals surface area contributed by atoms with E-state index in [9.17, 15) is 9.59 Å². The topological polar surface area (TPSA) is 65.7 Å². The molecular weight excluding hydrogens is 212 g/mol. The molecule has 0 aromatic carbocycles. The third kappa shape index (κ3) is 3.27. The van der Waals surface area contributed by atoms with Crippen LogP contribution in [0.25, 0.3) is 6.08 Å². The fourth-order valence-corrected chi connectivity index (χ4v) is 1.01. The normalized spacial score (nSPS) is 10.4. The Balaban J connectivity index is 2.58. The standard InChI is InChI=1S/C11H12O5/c1-14-10(12)5-3-4-8-6-7-9(16-8)11(13)15-2/h3-4,6-7H,5H2,1-2H3. The Hall–Kier alpha value is -2.04. The SMILES string of the molecule is COC(=O)CC=Cc1ccc(C(=O)OC)o1. The van der Waals surface area contributed by atoms with E-state index in [0.29, 0.717) is 5.76 Å². The first-order valence-corrected chi connectivity index (χ1v) is 4.59. The number of rotatable bonds is 4. The Morgan fingerprint density at radius 3 is 2.69 bits per heavy atom. The molecule has 0 radical (unpaired) electrons. The molecule has 1 aromatic heterocycles. The highest BCUT2D eigenvalue weighted by molar-refractivity contribution is 5.86. The fourth-order valence-electron chi connectivity index (χ4n) is 1.01. The van der Waals surface area contributed by atoms with Crippen molar-refractivity contribution in [1.82, 2.24) is 0 Å². The molecule has 1 rings (SSSR count). The van der Waals surface area contributed by atoms with Gasteiger partial charge in [-0.1, -0.05) is 6.08 Å². The minimum absolute atomic E-state index is 0.125. The second-order valence-corrected chi connectivity index (χ2v) is 2.88. The number of esters is 2. The quantitative estimate of drug-likeness (QED) is 0.727. The van der Waals surface area contributed by atoms with E-state index in [-0.39, 0.29) is 18.2 Å². The number of carbonyl (C=O) groups is 2. The fraction of sp³-hybridized carbons (Fsp3) is 0.273. The molecular formula is C11H12O5. The highest BCUT2D eigenvalue weighted by Crippen LogP contribution is 2.10. The van der Waals surface area contributed by atoms with Gasteiger partial charge in [0.25, 0.3) is 0 Å². The van der Waals surface area contributed by atoms with Crippen LogP contribution in [0.2, 0.25) is 0 Å². The summed E-state index contributed by atoms with van der Waals surface area (Å²) in [5.74, 6) is -0.270. The molecule has 5 nitrogen and oxygen atoms in total. The van der Waals surface area contributed by atoms with Crippen molar-refractivity contribution >= 4 is 18.0 Å². The average molecular weight is 224 g/mol. The third-order valence-corrected chi connectivity index (χ3v) is 1.81. The molecule has 86 valence electrons. The summed E-state index contributed by atoms with van der Waals surface area (Å²) in [5.41, 5.74) is 0. The van der Waals surface area contributed by atoms with E-state index >= 15 is 0 Å². The summed E-state index contributed by atoms with van der Waals surface area (Å²) >= 11 is 0. The van der Waals surface area contributed by atoms with Crippen molar-refractivity contribution in [3.05, 3.63) is 29.7 Å². The van der Waals surface area contributed by atoms with Gasteiger partial charge in [-0.3, -0.25) is 4.79 Å². The molecule has 0 bridgehead atoms. The zero-order valence-electron chi connectivity index (χ0n) is 9.06. The molecule has 0 aliphatic rings. The van der Waals surface area contributed by atoms with Gasteiger partial charge in [-0.2, -0.15) is 0 Å². The highest BCUT2D eigenvalue weighted by atomic mass is 16.5. The van der Waals surface area contributed by atoms with Crippen LogP contribution in [0.5, 0.6) is 0 Å². The van der Waals surface area contributed by atoms with Gasteiger partial charge in [0.15, 0.2) is 0 Å². The lowest BCUT2D eigenvalue weighted by molar-refractivity contribution is -0.139. The number of furan rings is 1. The van der Waals surface area contributed by atoms with Gasteiger partial charge >= 0.3 is 11.9 Å². The molecule has 0 aliphatic carbocycles. The summed E-state index contributed by atoms with van der Waals surface area (Å²) in [6.45, 7) is 0. The molecule has 0 saturated carbocycles. The minimum Gasteiger partial charge on any atom is -0.469 e. The molecule has 1 aromatic rings. The van der Waals surface area contributed by atoms with Crippen molar-refractivity contribution in [2.45, 2.75) is 6.42 Å². The van der Waals surface area contributed by atoms with Crippen LogP contribution in [-0.4, -0.2) is 26.2 Å². The van der Waals surface area contributed by atoms with Crippen molar-refractivity contribution < 1.29 is 23.5 Å². The largest absolute Gasteiger partial charge is 0.469 e. The number of methoxy groups -OCH3 is 2. The minimum atomic E-state index is -0.535. The smallest absolute Gasteiger partial charge is 0.373 e. The lowest BCUT2D eigenvalue weighted by atomic mass is 10.3. The maximum atomic E-state index is 11.0. The van der Waals surface area contributed by atoms with Crippen LogP contribution in [0.3, 0.4) is 0 Å². The predicted molar refractivity (Wildman–Crippen MR) is 55.7 cm³/mol. The Kier molecular flexibility index (Phi) is 4.32. The second kappa shape index (κ2) is 5.75. The van der Waals surface area contributed by atoms with Gasteiger partial charge in [-0.05, 0) is 18.2 Å². The van der Waals surface area contributed by atoms with Crippen LogP contribution in [0.1, 0.15) is 22.7 Å². The van der Waals surface area contributed by atoms with Crippen LogP contribution in [0.15, 0.2) is 22.6 Å². The maximum absolute atomic E-state index is 11.0. The van der Waals surface area contributed by atoms with E-state index < -0.39 is 5.97 Å². The van der Waals surface area contributed by atoms with E-state index in [0.717, 1.165) is 0 Å². The summed E-state index contributed by atoms with van der Waals surface area (Å²) in [5, 5.41) is 0. The van der Waals surface area contributed by atoms with Crippen molar-refractivity contribution in [2.24, 2.45) is 0 Å². The zero-order chi connectivity index (χ0) is 12.0. The molecule has 0 unspecified atom stereocenters. The number of hydrogen-bond donors (Lipinski definition) is 0. The van der Waals surface area contributed by atoms with Gasteiger partial charge in [0.05, 0.1) is 20.6 Å². The van der Waals surface area contributed by atoms with Crippen LogP contribution in [0.4, 0.5) is 0 Å². The van der Waals surface area contributed by atoms with Gasteiger partial charge in [-0.15, -0.1) is 0 Å². The molecule has 0 aliphatic heterocycles. The van der Waals surface area contributed by atoms with Gasteiger partial charge in [0.1, 0.15) is 5.76 Å². The van der Waals surface area contributed by atoms with Gasteiger partial charge in [0, 0.05) is 0 Å². The number of carbonyl (C=O) groups excluding carboxylic acids is 2. The van der Waals surface area contributed by atoms with Crippen molar-refractivity contribution in [2.75, 3.05) is 14.2 Å². The van der Waals surface area contributed by atoms with Gasteiger partial charge in [-0.25, -0.2) is 4.79 Å². The van der Waals surface area contributed by atoms with Crippen molar-refractivity contribution in [3.63, 3.8) is 0 Å². The first-order chi connectivity index (χ1) is 7.67. The van der Waals surface area contributed by atoms with Crippen LogP contribution in [0, 0.1) is 0 Å². The Bertz CT molecular complexity index is 402. The molecule has 0 fully saturated rings. The molecule has 5 heteroatoms. The average Bonchev–Trinajstić information content (AvgIpc) is 2.76. The van der Waals surface area contributed by atoms with E-state index in [1.54, 1.807) is 18.2 Å². The molecule has 0 saturated heterocycles. The molecule has 0 spiro atoms. The first-order valence-electron chi connectivity index (χ1n) is 4.59. The molecule has 0 N–H and O–H groups in total. The van der Waals surface area contributed by atoms with Crippen LogP contribution >= 0.6 is 0 Å². The van der Waals surface area contributed by atoms with Crippen molar-refractivity contribution in [1.29, 1.82) is 0 Å². The lowest BCUT2D eigenvalue weighted by Crippen LogP contribution is -1.98. The number of ether oxygens (including phenoxy) is 2. The lowest BCUT2D eigenvalue weighted by Gasteiger charge is -1.92. The summed E-state index contributed by atoms with van der Waals surface area (Å²) in [6, 6.07) is 3.11. The summed E-state index contributed by atoms with van der Waals surface area (Å²) in [7, 11) is 2.59. The monoisotopic (exact) mass is 224 g/mol. The Morgan fingerprint density at radius 2 is 2.06 bits per heavy atom. The predicted octanol–water partition coefficient (Wildman–Crippen LogP) is 1.64. The van der Waals surface area contributed by atoms with Crippen LogP contribution < -0.4 is 0 Å². The summed E-state index contributed by atoms with van der Waals surface area (Å²) in [4.78, 5) is 21.8. The molecule has 0 amide bonds. The summed E-state index contributed by atoms with van der Waals surface area (Å²) in [6.07, 6.45) is 3.33. The van der Waals surface area contributed by atoms with E-state index in [1.807, 2.05) is 0 Å². The van der Waals surface area contributed by atoms with Gasteiger partial charge < -0.3 is 13.9 Å². The third-order valence-electron chi connectivity index (χ3n) is 1.81. The maximum Gasteiger partial charge on any atom is 0.373 e. The van der Waals surface area contributed by atoms with Crippen molar-refractivity contribution in [3.8, 4) is 0 Å². The molecule has 0 atom stereocenters. The summed E-state index contributed by atoms with van der Waals surface area (Å²) < 4.78 is 14.1. The van der Waals surface area contributed by atoms with E-state index in [1.165, 1.54) is 20.3 Å². The van der Waals surface area contributed by atoms with E-state index in [2.05, 4.69) is 9.47 Å². The highest BCUT2D eigenvalue weighted by Gasteiger charge is 2.09. The Labute approximate surface area is 92.6 Å². The van der Waals surface area contributed by atoms with Crippen LogP contribution in [-0.2, 0) is 14.3 Å². The zero-order valence-corrected chi connectivity index (χ0v) is 9.06. The molecule has 1 heterocycles. The van der Waals surface area contributed by atoms with E-state index in [4.69, 9.17) is 4.42 Å².